The number of thioether (sulfide) groups is 1. The predicted octanol–water partition coefficient (Wildman–Crippen LogP) is 4.99. The van der Waals surface area contributed by atoms with Crippen molar-refractivity contribution in [2.75, 3.05) is 5.32 Å². The van der Waals surface area contributed by atoms with Gasteiger partial charge in [0.15, 0.2) is 11.0 Å². The number of thiophene rings is 1. The van der Waals surface area contributed by atoms with E-state index in [0.29, 0.717) is 16.4 Å². The molecule has 0 aliphatic rings. The highest BCUT2D eigenvalue weighted by atomic mass is 32.2. The molecule has 1 N–H and O–H groups in total. The van der Waals surface area contributed by atoms with Crippen LogP contribution in [0.25, 0.3) is 16.4 Å². The van der Waals surface area contributed by atoms with Crippen molar-refractivity contribution in [2.24, 2.45) is 0 Å². The average molecular weight is 432 g/mol. The average Bonchev–Trinajstić information content (AvgIpc) is 3.44. The molecule has 2 aromatic heterocycles. The van der Waals surface area contributed by atoms with Crippen molar-refractivity contribution >= 4 is 34.7 Å². The molecule has 148 valence electrons. The first-order valence-electron chi connectivity index (χ1n) is 9.18. The minimum Gasteiger partial charge on any atom is -0.325 e. The van der Waals surface area contributed by atoms with Crippen LogP contribution in [-0.2, 0) is 4.79 Å². The van der Waals surface area contributed by atoms with Gasteiger partial charge in [0.1, 0.15) is 0 Å². The van der Waals surface area contributed by atoms with E-state index in [-0.39, 0.29) is 5.91 Å². The molecule has 1 unspecified atom stereocenters. The molecule has 0 radical (unpaired) electrons. The van der Waals surface area contributed by atoms with Crippen molar-refractivity contribution in [2.45, 2.75) is 17.3 Å². The summed E-state index contributed by atoms with van der Waals surface area (Å²) >= 11 is 2.93. The van der Waals surface area contributed by atoms with Crippen LogP contribution in [0.1, 0.15) is 12.5 Å². The molecule has 6 nitrogen and oxygen atoms in total. The fraction of sp³-hybridized carbons (Fsp3) is 0.0909. The maximum absolute atomic E-state index is 12.7. The maximum Gasteiger partial charge on any atom is 0.237 e. The summed E-state index contributed by atoms with van der Waals surface area (Å²) in [6, 6.07) is 22.7. The van der Waals surface area contributed by atoms with Gasteiger partial charge < -0.3 is 5.32 Å². The molecule has 1 atom stereocenters. The van der Waals surface area contributed by atoms with Crippen LogP contribution >= 0.6 is 23.1 Å². The zero-order valence-corrected chi connectivity index (χ0v) is 17.7. The van der Waals surface area contributed by atoms with E-state index in [4.69, 9.17) is 5.26 Å². The van der Waals surface area contributed by atoms with Gasteiger partial charge in [0, 0.05) is 11.4 Å². The molecule has 30 heavy (non-hydrogen) atoms. The van der Waals surface area contributed by atoms with Gasteiger partial charge in [-0.05, 0) is 48.7 Å². The minimum atomic E-state index is -0.418. The maximum atomic E-state index is 12.7. The Morgan fingerprint density at radius 1 is 1.13 bits per heavy atom. The lowest BCUT2D eigenvalue weighted by Crippen LogP contribution is -2.23. The number of nitriles is 1. The Morgan fingerprint density at radius 3 is 2.70 bits per heavy atom. The summed E-state index contributed by atoms with van der Waals surface area (Å²) in [6.45, 7) is 1.82. The van der Waals surface area contributed by atoms with Crippen molar-refractivity contribution in [3.05, 3.63) is 77.7 Å². The Morgan fingerprint density at radius 2 is 1.97 bits per heavy atom. The standard InChI is InChI=1S/C22H17N5OS2/c1-15(21(28)24-17-8-5-7-16(13-17)14-23)30-22-26-25-20(19-11-6-12-29-19)27(22)18-9-3-2-4-10-18/h2-13,15H,1H3,(H,24,28). The Balaban J connectivity index is 1.59. The van der Waals surface area contributed by atoms with E-state index in [2.05, 4.69) is 21.6 Å². The van der Waals surface area contributed by atoms with Gasteiger partial charge in [0.05, 0.1) is 21.8 Å². The number of rotatable bonds is 6. The fourth-order valence-electron chi connectivity index (χ4n) is 2.84. The zero-order valence-electron chi connectivity index (χ0n) is 16.0. The summed E-state index contributed by atoms with van der Waals surface area (Å²) in [4.78, 5) is 13.7. The number of carbonyl (C=O) groups excluding carboxylic acids is 1. The van der Waals surface area contributed by atoms with Gasteiger partial charge in [-0.15, -0.1) is 21.5 Å². The second kappa shape index (κ2) is 8.95. The number of nitrogens with zero attached hydrogens (tertiary/aromatic N) is 4. The third-order valence-corrected chi connectivity index (χ3v) is 6.21. The summed E-state index contributed by atoms with van der Waals surface area (Å²) in [7, 11) is 0. The summed E-state index contributed by atoms with van der Waals surface area (Å²) < 4.78 is 1.97. The molecule has 0 fully saturated rings. The molecule has 8 heteroatoms. The number of hydrogen-bond acceptors (Lipinski definition) is 6. The predicted molar refractivity (Wildman–Crippen MR) is 120 cm³/mol. The summed E-state index contributed by atoms with van der Waals surface area (Å²) in [5.41, 5.74) is 2.02. The summed E-state index contributed by atoms with van der Waals surface area (Å²) in [5, 5.41) is 22.9. The first-order chi connectivity index (χ1) is 14.7. The van der Waals surface area contributed by atoms with E-state index in [1.165, 1.54) is 11.8 Å². The molecule has 2 aromatic carbocycles. The van der Waals surface area contributed by atoms with Gasteiger partial charge in [-0.3, -0.25) is 9.36 Å². The highest BCUT2D eigenvalue weighted by Gasteiger charge is 2.22. The second-order valence-electron chi connectivity index (χ2n) is 6.40. The zero-order chi connectivity index (χ0) is 20.9. The van der Waals surface area contributed by atoms with Gasteiger partial charge in [-0.2, -0.15) is 5.26 Å². The second-order valence-corrected chi connectivity index (χ2v) is 8.65. The fourth-order valence-corrected chi connectivity index (χ4v) is 4.41. The van der Waals surface area contributed by atoms with Crippen LogP contribution in [0.3, 0.4) is 0 Å². The third kappa shape index (κ3) is 4.27. The van der Waals surface area contributed by atoms with Crippen LogP contribution in [-0.4, -0.2) is 25.9 Å². The number of carbonyl (C=O) groups is 1. The first-order valence-corrected chi connectivity index (χ1v) is 10.9. The number of aromatic nitrogens is 3. The lowest BCUT2D eigenvalue weighted by Gasteiger charge is -2.13. The lowest BCUT2D eigenvalue weighted by atomic mass is 10.2. The molecule has 0 aliphatic heterocycles. The van der Waals surface area contributed by atoms with E-state index >= 15 is 0 Å². The van der Waals surface area contributed by atoms with Crippen molar-refractivity contribution in [3.63, 3.8) is 0 Å². The Kier molecular flexibility index (Phi) is 5.93. The van der Waals surface area contributed by atoms with Crippen LogP contribution in [0.15, 0.2) is 77.3 Å². The minimum absolute atomic E-state index is 0.171. The molecular weight excluding hydrogens is 414 g/mol. The molecule has 0 saturated heterocycles. The van der Waals surface area contributed by atoms with Crippen molar-refractivity contribution in [3.8, 4) is 22.5 Å². The number of hydrogen-bond donors (Lipinski definition) is 1. The lowest BCUT2D eigenvalue weighted by molar-refractivity contribution is -0.115. The van der Waals surface area contributed by atoms with Gasteiger partial charge in [0.25, 0.3) is 0 Å². The third-order valence-electron chi connectivity index (χ3n) is 4.30. The van der Waals surface area contributed by atoms with Gasteiger partial charge in [-0.1, -0.05) is 42.1 Å². The van der Waals surface area contributed by atoms with Gasteiger partial charge >= 0.3 is 0 Å². The van der Waals surface area contributed by atoms with E-state index in [1.807, 2.05) is 59.3 Å². The van der Waals surface area contributed by atoms with Crippen molar-refractivity contribution in [1.82, 2.24) is 14.8 Å². The molecule has 1 amide bonds. The Hall–Kier alpha value is -3.41. The largest absolute Gasteiger partial charge is 0.325 e. The van der Waals surface area contributed by atoms with Gasteiger partial charge in [-0.25, -0.2) is 0 Å². The number of para-hydroxylation sites is 1. The van der Waals surface area contributed by atoms with Crippen LogP contribution < -0.4 is 5.32 Å². The normalized spacial score (nSPS) is 11.6. The summed E-state index contributed by atoms with van der Waals surface area (Å²) in [6.07, 6.45) is 0. The van der Waals surface area contributed by atoms with Crippen LogP contribution in [0.2, 0.25) is 0 Å². The quantitative estimate of drug-likeness (QED) is 0.435. The molecule has 2 heterocycles. The highest BCUT2D eigenvalue weighted by molar-refractivity contribution is 8.00. The van der Waals surface area contributed by atoms with Crippen LogP contribution in [0, 0.1) is 11.3 Å². The van der Waals surface area contributed by atoms with Gasteiger partial charge in [0.2, 0.25) is 5.91 Å². The Bertz CT molecular complexity index is 1200. The van der Waals surface area contributed by atoms with E-state index in [0.717, 1.165) is 16.4 Å². The first kappa shape index (κ1) is 19.9. The smallest absolute Gasteiger partial charge is 0.237 e. The number of nitrogens with one attached hydrogen (secondary N) is 1. The van der Waals surface area contributed by atoms with E-state index in [9.17, 15) is 4.79 Å². The Labute approximate surface area is 182 Å². The number of anilines is 1. The van der Waals surface area contributed by atoms with E-state index < -0.39 is 5.25 Å². The monoisotopic (exact) mass is 431 g/mol. The highest BCUT2D eigenvalue weighted by Crippen LogP contribution is 2.32. The number of amides is 1. The molecule has 4 aromatic rings. The molecular formula is C22H17N5OS2. The topological polar surface area (TPSA) is 83.6 Å². The number of benzene rings is 2. The van der Waals surface area contributed by atoms with Crippen molar-refractivity contribution < 1.29 is 4.79 Å². The molecule has 0 bridgehead atoms. The van der Waals surface area contributed by atoms with E-state index in [1.54, 1.807) is 35.6 Å². The van der Waals surface area contributed by atoms with Crippen LogP contribution in [0.4, 0.5) is 5.69 Å². The summed E-state index contributed by atoms with van der Waals surface area (Å²) in [5.74, 6) is 0.573. The molecule has 4 rings (SSSR count). The molecule has 0 saturated carbocycles. The van der Waals surface area contributed by atoms with Crippen LogP contribution in [0.5, 0.6) is 0 Å². The SMILES string of the molecule is CC(Sc1nnc(-c2cccs2)n1-c1ccccc1)C(=O)Nc1cccc(C#N)c1. The molecule has 0 spiro atoms. The van der Waals surface area contributed by atoms with Crippen molar-refractivity contribution in [1.29, 1.82) is 5.26 Å². The molecule has 0 aliphatic carbocycles.